The molecule has 4 rings (SSSR count). The third-order valence-corrected chi connectivity index (χ3v) is 5.10. The molecule has 0 saturated carbocycles. The molecule has 0 amide bonds. The maximum atomic E-state index is 13.2. The van der Waals surface area contributed by atoms with Gasteiger partial charge in [0.2, 0.25) is 5.13 Å². The van der Waals surface area contributed by atoms with Crippen LogP contribution in [0, 0.1) is 6.92 Å². The van der Waals surface area contributed by atoms with Gasteiger partial charge >= 0.3 is 6.18 Å². The van der Waals surface area contributed by atoms with Crippen LogP contribution in [0.3, 0.4) is 0 Å². The Labute approximate surface area is 155 Å². The first kappa shape index (κ1) is 17.1. The minimum Gasteiger partial charge on any atom is -0.218 e. The summed E-state index contributed by atoms with van der Waals surface area (Å²) >= 11 is 7.19. The number of nitrogens with zero attached hydrogens (tertiary/aromatic N) is 3. The number of fused-ring (bicyclic) bond motifs is 1. The standard InChI is InChI=1S/C18H11ClF3N3S/c1-10-2-7-13-15(8-10)26-17(23-13)25-14(9-16(24-25)18(20,21)22)11-3-5-12(19)6-4-11/h2-9H,1H3. The van der Waals surface area contributed by atoms with Crippen LogP contribution in [0.15, 0.2) is 48.5 Å². The average Bonchev–Trinajstić information content (AvgIpc) is 3.18. The molecule has 2 aromatic carbocycles. The molecule has 0 bridgehead atoms. The summed E-state index contributed by atoms with van der Waals surface area (Å²) in [6.07, 6.45) is -4.54. The van der Waals surface area contributed by atoms with E-state index in [0.29, 0.717) is 21.4 Å². The van der Waals surface area contributed by atoms with E-state index in [1.165, 1.54) is 16.0 Å². The molecule has 4 aromatic rings. The van der Waals surface area contributed by atoms with Gasteiger partial charge in [0, 0.05) is 10.6 Å². The van der Waals surface area contributed by atoms with Crippen molar-refractivity contribution in [2.24, 2.45) is 0 Å². The van der Waals surface area contributed by atoms with Crippen molar-refractivity contribution in [2.45, 2.75) is 13.1 Å². The van der Waals surface area contributed by atoms with E-state index in [2.05, 4.69) is 10.1 Å². The number of rotatable bonds is 2. The summed E-state index contributed by atoms with van der Waals surface area (Å²) in [7, 11) is 0. The SMILES string of the molecule is Cc1ccc2nc(-n3nc(C(F)(F)F)cc3-c3ccc(Cl)cc3)sc2c1. The fourth-order valence-electron chi connectivity index (χ4n) is 2.60. The summed E-state index contributed by atoms with van der Waals surface area (Å²) in [4.78, 5) is 4.45. The Hall–Kier alpha value is -2.38. The number of hydrogen-bond acceptors (Lipinski definition) is 3. The van der Waals surface area contributed by atoms with Gasteiger partial charge in [-0.3, -0.25) is 0 Å². The molecule has 0 saturated heterocycles. The molecule has 0 aliphatic carbocycles. The second-order valence-corrected chi connectivity index (χ2v) is 7.24. The van der Waals surface area contributed by atoms with E-state index in [1.54, 1.807) is 24.3 Å². The number of hydrogen-bond donors (Lipinski definition) is 0. The summed E-state index contributed by atoms with van der Waals surface area (Å²) in [6, 6.07) is 13.3. The number of aromatic nitrogens is 3. The van der Waals surface area contributed by atoms with Crippen LogP contribution in [0.2, 0.25) is 5.02 Å². The fourth-order valence-corrected chi connectivity index (χ4v) is 3.76. The zero-order chi connectivity index (χ0) is 18.5. The quantitative estimate of drug-likeness (QED) is 0.410. The molecule has 0 N–H and O–H groups in total. The smallest absolute Gasteiger partial charge is 0.218 e. The van der Waals surface area contributed by atoms with Crippen molar-refractivity contribution < 1.29 is 13.2 Å². The van der Waals surface area contributed by atoms with Gasteiger partial charge in [0.25, 0.3) is 0 Å². The van der Waals surface area contributed by atoms with Gasteiger partial charge in [0.05, 0.1) is 15.9 Å². The first-order valence-corrected chi connectivity index (χ1v) is 8.81. The second kappa shape index (κ2) is 6.10. The Bertz CT molecular complexity index is 1100. The highest BCUT2D eigenvalue weighted by Gasteiger charge is 2.35. The monoisotopic (exact) mass is 393 g/mol. The number of halogens is 4. The lowest BCUT2D eigenvalue weighted by molar-refractivity contribution is -0.141. The van der Waals surface area contributed by atoms with Crippen molar-refractivity contribution in [1.82, 2.24) is 14.8 Å². The largest absolute Gasteiger partial charge is 0.435 e. The molecule has 2 heterocycles. The summed E-state index contributed by atoms with van der Waals surface area (Å²) < 4.78 is 41.8. The number of thiazole rings is 1. The van der Waals surface area contributed by atoms with Crippen LogP contribution in [0.25, 0.3) is 26.6 Å². The Morgan fingerprint density at radius 3 is 2.46 bits per heavy atom. The van der Waals surface area contributed by atoms with Gasteiger partial charge in [0.1, 0.15) is 0 Å². The molecule has 26 heavy (non-hydrogen) atoms. The maximum Gasteiger partial charge on any atom is 0.435 e. The van der Waals surface area contributed by atoms with Crippen LogP contribution >= 0.6 is 22.9 Å². The van der Waals surface area contributed by atoms with E-state index in [0.717, 1.165) is 21.8 Å². The lowest BCUT2D eigenvalue weighted by Gasteiger charge is -2.04. The first-order chi connectivity index (χ1) is 12.3. The lowest BCUT2D eigenvalue weighted by atomic mass is 10.1. The molecule has 0 atom stereocenters. The molecular weight excluding hydrogens is 383 g/mol. The first-order valence-electron chi connectivity index (χ1n) is 7.62. The highest BCUT2D eigenvalue weighted by molar-refractivity contribution is 7.20. The topological polar surface area (TPSA) is 30.7 Å². The molecule has 0 spiro atoms. The predicted octanol–water partition coefficient (Wildman–Crippen LogP) is 6.13. The third kappa shape index (κ3) is 3.08. The van der Waals surface area contributed by atoms with Crippen molar-refractivity contribution in [1.29, 1.82) is 0 Å². The van der Waals surface area contributed by atoms with E-state index < -0.39 is 11.9 Å². The minimum atomic E-state index is -4.54. The second-order valence-electron chi connectivity index (χ2n) is 5.80. The van der Waals surface area contributed by atoms with Crippen LogP contribution < -0.4 is 0 Å². The van der Waals surface area contributed by atoms with Crippen LogP contribution in [-0.2, 0) is 6.18 Å². The predicted molar refractivity (Wildman–Crippen MR) is 96.9 cm³/mol. The summed E-state index contributed by atoms with van der Waals surface area (Å²) in [5.41, 5.74) is 1.71. The molecule has 3 nitrogen and oxygen atoms in total. The molecule has 0 radical (unpaired) electrons. The Morgan fingerprint density at radius 1 is 1.04 bits per heavy atom. The van der Waals surface area contributed by atoms with Crippen molar-refractivity contribution >= 4 is 33.2 Å². The van der Waals surface area contributed by atoms with Crippen LogP contribution in [0.1, 0.15) is 11.3 Å². The molecule has 0 unspecified atom stereocenters. The molecule has 132 valence electrons. The molecule has 0 fully saturated rings. The van der Waals surface area contributed by atoms with Crippen molar-refractivity contribution in [3.63, 3.8) is 0 Å². The van der Waals surface area contributed by atoms with Gasteiger partial charge < -0.3 is 0 Å². The maximum absolute atomic E-state index is 13.2. The highest BCUT2D eigenvalue weighted by atomic mass is 35.5. The minimum absolute atomic E-state index is 0.310. The zero-order valence-electron chi connectivity index (χ0n) is 13.4. The molecular formula is C18H11ClF3N3S. The molecule has 0 aliphatic heterocycles. The lowest BCUT2D eigenvalue weighted by Crippen LogP contribution is -2.07. The van der Waals surface area contributed by atoms with E-state index in [1.807, 2.05) is 25.1 Å². The van der Waals surface area contributed by atoms with Crippen molar-refractivity contribution in [3.05, 3.63) is 64.8 Å². The average molecular weight is 394 g/mol. The summed E-state index contributed by atoms with van der Waals surface area (Å²) in [5, 5.41) is 4.66. The van der Waals surface area contributed by atoms with Gasteiger partial charge in [0.15, 0.2) is 5.69 Å². The zero-order valence-corrected chi connectivity index (χ0v) is 15.0. The third-order valence-electron chi connectivity index (χ3n) is 3.85. The molecule has 0 aliphatic rings. The fraction of sp³-hybridized carbons (Fsp3) is 0.111. The van der Waals surface area contributed by atoms with Gasteiger partial charge in [-0.25, -0.2) is 9.67 Å². The molecule has 8 heteroatoms. The van der Waals surface area contributed by atoms with E-state index in [4.69, 9.17) is 11.6 Å². The van der Waals surface area contributed by atoms with Gasteiger partial charge in [-0.05, 0) is 42.8 Å². The molecule has 2 aromatic heterocycles. The van der Waals surface area contributed by atoms with Gasteiger partial charge in [-0.1, -0.05) is 41.1 Å². The van der Waals surface area contributed by atoms with Gasteiger partial charge in [-0.2, -0.15) is 18.3 Å². The van der Waals surface area contributed by atoms with Crippen LogP contribution in [-0.4, -0.2) is 14.8 Å². The van der Waals surface area contributed by atoms with Crippen molar-refractivity contribution in [3.8, 4) is 16.4 Å². The normalized spacial score (nSPS) is 12.0. The number of benzene rings is 2. The van der Waals surface area contributed by atoms with Crippen LogP contribution in [0.5, 0.6) is 0 Å². The van der Waals surface area contributed by atoms with Gasteiger partial charge in [-0.15, -0.1) is 0 Å². The van der Waals surface area contributed by atoms with E-state index in [9.17, 15) is 13.2 Å². The summed E-state index contributed by atoms with van der Waals surface area (Å²) in [5.74, 6) is 0. The summed E-state index contributed by atoms with van der Waals surface area (Å²) in [6.45, 7) is 1.95. The Balaban J connectivity index is 1.93. The Kier molecular flexibility index (Phi) is 4.00. The number of aryl methyl sites for hydroxylation is 1. The highest BCUT2D eigenvalue weighted by Crippen LogP contribution is 2.35. The number of alkyl halides is 3. The van der Waals surface area contributed by atoms with Crippen LogP contribution in [0.4, 0.5) is 13.2 Å². The van der Waals surface area contributed by atoms with E-state index in [-0.39, 0.29) is 0 Å². The Morgan fingerprint density at radius 2 is 1.77 bits per heavy atom. The van der Waals surface area contributed by atoms with Crippen molar-refractivity contribution in [2.75, 3.05) is 0 Å². The van der Waals surface area contributed by atoms with E-state index >= 15 is 0 Å².